The summed E-state index contributed by atoms with van der Waals surface area (Å²) in [5, 5.41) is 0. The fraction of sp³-hybridized carbons (Fsp3) is 0.909. The zero-order chi connectivity index (χ0) is 9.07. The molecular formula is C11H23N. The lowest BCUT2D eigenvalue weighted by atomic mass is 10.2. The average Bonchev–Trinajstić information content (AvgIpc) is 2.10. The van der Waals surface area contributed by atoms with E-state index in [1.54, 1.807) is 0 Å². The monoisotopic (exact) mass is 169 g/mol. The topological polar surface area (TPSA) is 12.4 Å². The van der Waals surface area contributed by atoms with Crippen LogP contribution in [0.4, 0.5) is 0 Å². The summed E-state index contributed by atoms with van der Waals surface area (Å²) < 4.78 is 0. The van der Waals surface area contributed by atoms with Gasteiger partial charge in [0, 0.05) is 6.54 Å². The van der Waals surface area contributed by atoms with E-state index in [-0.39, 0.29) is 0 Å². The van der Waals surface area contributed by atoms with Gasteiger partial charge in [-0.15, -0.1) is 0 Å². The quantitative estimate of drug-likeness (QED) is 0.387. The summed E-state index contributed by atoms with van der Waals surface area (Å²) in [5.41, 5.74) is 0. The molecule has 0 heterocycles. The van der Waals surface area contributed by atoms with E-state index in [4.69, 9.17) is 0 Å². The molecule has 0 amide bonds. The van der Waals surface area contributed by atoms with E-state index < -0.39 is 0 Å². The van der Waals surface area contributed by atoms with Crippen LogP contribution in [0, 0.1) is 0 Å². The smallest absolute Gasteiger partial charge is 0.0385 e. The third kappa shape index (κ3) is 9.67. The van der Waals surface area contributed by atoms with Gasteiger partial charge in [-0.3, -0.25) is 4.99 Å². The first-order valence-corrected chi connectivity index (χ1v) is 5.40. The highest BCUT2D eigenvalue weighted by Crippen LogP contribution is 1.98. The Balaban J connectivity index is 2.92. The summed E-state index contributed by atoms with van der Waals surface area (Å²) >= 11 is 0. The Labute approximate surface area is 77.3 Å². The lowest BCUT2D eigenvalue weighted by Gasteiger charge is -1.94. The maximum atomic E-state index is 4.36. The van der Waals surface area contributed by atoms with Gasteiger partial charge in [-0.2, -0.15) is 0 Å². The lowest BCUT2D eigenvalue weighted by Crippen LogP contribution is -1.83. The SMILES string of the molecule is CCCCC=NCCCCCC. The zero-order valence-electron chi connectivity index (χ0n) is 8.68. The van der Waals surface area contributed by atoms with Crippen LogP contribution < -0.4 is 0 Å². The van der Waals surface area contributed by atoms with Crippen molar-refractivity contribution >= 4 is 6.21 Å². The van der Waals surface area contributed by atoms with Gasteiger partial charge in [0.15, 0.2) is 0 Å². The van der Waals surface area contributed by atoms with Crippen molar-refractivity contribution in [2.24, 2.45) is 4.99 Å². The lowest BCUT2D eigenvalue weighted by molar-refractivity contribution is 0.675. The summed E-state index contributed by atoms with van der Waals surface area (Å²) in [6, 6.07) is 0. The van der Waals surface area contributed by atoms with E-state index in [1.165, 1.54) is 44.9 Å². The van der Waals surface area contributed by atoms with Gasteiger partial charge in [0.1, 0.15) is 0 Å². The van der Waals surface area contributed by atoms with Crippen LogP contribution in [0.3, 0.4) is 0 Å². The summed E-state index contributed by atoms with van der Waals surface area (Å²) in [6.45, 7) is 5.50. The molecule has 0 aromatic rings. The highest BCUT2D eigenvalue weighted by atomic mass is 14.7. The van der Waals surface area contributed by atoms with Crippen LogP contribution in [0.25, 0.3) is 0 Å². The van der Waals surface area contributed by atoms with Gasteiger partial charge in [-0.05, 0) is 25.5 Å². The molecule has 1 heteroatoms. The minimum absolute atomic E-state index is 1.05. The van der Waals surface area contributed by atoms with Crippen LogP contribution in [0.5, 0.6) is 0 Å². The molecule has 12 heavy (non-hydrogen) atoms. The molecule has 0 fully saturated rings. The number of nitrogens with zero attached hydrogens (tertiary/aromatic N) is 1. The second-order valence-electron chi connectivity index (χ2n) is 3.29. The van der Waals surface area contributed by atoms with Crippen LogP contribution in [-0.4, -0.2) is 12.8 Å². The number of hydrogen-bond donors (Lipinski definition) is 0. The Morgan fingerprint density at radius 2 is 1.67 bits per heavy atom. The number of unbranched alkanes of at least 4 members (excludes halogenated alkanes) is 5. The third-order valence-corrected chi connectivity index (χ3v) is 1.96. The Hall–Kier alpha value is -0.330. The minimum Gasteiger partial charge on any atom is -0.298 e. The highest BCUT2D eigenvalue weighted by Gasteiger charge is 1.84. The van der Waals surface area contributed by atoms with E-state index >= 15 is 0 Å². The largest absolute Gasteiger partial charge is 0.298 e. The van der Waals surface area contributed by atoms with Gasteiger partial charge in [0.2, 0.25) is 0 Å². The molecular weight excluding hydrogens is 146 g/mol. The second kappa shape index (κ2) is 10.7. The first-order valence-electron chi connectivity index (χ1n) is 5.40. The zero-order valence-corrected chi connectivity index (χ0v) is 8.68. The van der Waals surface area contributed by atoms with Crippen molar-refractivity contribution in [3.05, 3.63) is 0 Å². The van der Waals surface area contributed by atoms with E-state index in [0.717, 1.165) is 6.54 Å². The molecule has 0 aliphatic carbocycles. The summed E-state index contributed by atoms with van der Waals surface area (Å²) in [4.78, 5) is 4.36. The fourth-order valence-corrected chi connectivity index (χ4v) is 1.11. The van der Waals surface area contributed by atoms with Crippen molar-refractivity contribution < 1.29 is 0 Å². The Kier molecular flexibility index (Phi) is 10.4. The van der Waals surface area contributed by atoms with Crippen molar-refractivity contribution in [2.75, 3.05) is 6.54 Å². The molecule has 0 rings (SSSR count). The minimum atomic E-state index is 1.05. The maximum absolute atomic E-state index is 4.36. The molecule has 0 aromatic heterocycles. The molecule has 0 unspecified atom stereocenters. The average molecular weight is 169 g/mol. The molecule has 72 valence electrons. The van der Waals surface area contributed by atoms with Crippen molar-refractivity contribution in [1.29, 1.82) is 0 Å². The molecule has 0 saturated carbocycles. The summed E-state index contributed by atoms with van der Waals surface area (Å²) in [5.74, 6) is 0. The molecule has 0 saturated heterocycles. The van der Waals surface area contributed by atoms with Gasteiger partial charge in [-0.1, -0.05) is 39.5 Å². The predicted molar refractivity (Wildman–Crippen MR) is 57.0 cm³/mol. The molecule has 0 N–H and O–H groups in total. The fourth-order valence-electron chi connectivity index (χ4n) is 1.11. The van der Waals surface area contributed by atoms with Crippen LogP contribution in [0.15, 0.2) is 4.99 Å². The number of rotatable bonds is 8. The van der Waals surface area contributed by atoms with Gasteiger partial charge in [0.25, 0.3) is 0 Å². The standard InChI is InChI=1S/C11H23N/c1-3-5-7-9-11-12-10-8-6-4-2/h10H,3-9,11H2,1-2H3. The van der Waals surface area contributed by atoms with Gasteiger partial charge in [0.05, 0.1) is 0 Å². The molecule has 0 radical (unpaired) electrons. The molecule has 0 aliphatic heterocycles. The van der Waals surface area contributed by atoms with E-state index in [1.807, 2.05) is 0 Å². The third-order valence-electron chi connectivity index (χ3n) is 1.96. The van der Waals surface area contributed by atoms with Gasteiger partial charge in [-0.25, -0.2) is 0 Å². The van der Waals surface area contributed by atoms with Crippen molar-refractivity contribution in [3.8, 4) is 0 Å². The van der Waals surface area contributed by atoms with Gasteiger partial charge >= 0.3 is 0 Å². The second-order valence-corrected chi connectivity index (χ2v) is 3.29. The van der Waals surface area contributed by atoms with Crippen LogP contribution in [0.1, 0.15) is 58.8 Å². The van der Waals surface area contributed by atoms with E-state index in [0.29, 0.717) is 0 Å². The first kappa shape index (κ1) is 11.7. The summed E-state index contributed by atoms with van der Waals surface area (Å²) in [7, 11) is 0. The maximum Gasteiger partial charge on any atom is 0.0385 e. The Morgan fingerprint density at radius 1 is 0.917 bits per heavy atom. The van der Waals surface area contributed by atoms with Crippen molar-refractivity contribution in [2.45, 2.75) is 58.8 Å². The van der Waals surface area contributed by atoms with Crippen molar-refractivity contribution in [1.82, 2.24) is 0 Å². The molecule has 0 bridgehead atoms. The van der Waals surface area contributed by atoms with Crippen LogP contribution in [0.2, 0.25) is 0 Å². The molecule has 1 nitrogen and oxygen atoms in total. The van der Waals surface area contributed by atoms with E-state index in [9.17, 15) is 0 Å². The number of hydrogen-bond acceptors (Lipinski definition) is 1. The summed E-state index contributed by atoms with van der Waals surface area (Å²) in [6.07, 6.45) is 11.1. The highest BCUT2D eigenvalue weighted by molar-refractivity contribution is 5.56. The van der Waals surface area contributed by atoms with Crippen molar-refractivity contribution in [3.63, 3.8) is 0 Å². The predicted octanol–water partition coefficient (Wildman–Crippen LogP) is 3.83. The Morgan fingerprint density at radius 3 is 2.33 bits per heavy atom. The Bertz CT molecular complexity index is 97.2. The molecule has 0 aliphatic rings. The normalized spacial score (nSPS) is 11.2. The molecule has 0 spiro atoms. The number of aliphatic imine (C=N–C) groups is 1. The van der Waals surface area contributed by atoms with Crippen LogP contribution in [-0.2, 0) is 0 Å². The van der Waals surface area contributed by atoms with E-state index in [2.05, 4.69) is 25.1 Å². The van der Waals surface area contributed by atoms with Gasteiger partial charge < -0.3 is 0 Å². The molecule has 0 aromatic carbocycles. The van der Waals surface area contributed by atoms with Crippen LogP contribution >= 0.6 is 0 Å². The first-order chi connectivity index (χ1) is 5.91. The molecule has 0 atom stereocenters.